The third-order valence-corrected chi connectivity index (χ3v) is 5.88. The van der Waals surface area contributed by atoms with Gasteiger partial charge in [0.1, 0.15) is 11.5 Å². The van der Waals surface area contributed by atoms with Crippen LogP contribution in [0.15, 0.2) is 60.0 Å². The zero-order chi connectivity index (χ0) is 25.2. The van der Waals surface area contributed by atoms with Gasteiger partial charge in [-0.2, -0.15) is 0 Å². The molecule has 2 aromatic carbocycles. The Labute approximate surface area is 208 Å². The van der Waals surface area contributed by atoms with Crippen molar-refractivity contribution in [2.75, 3.05) is 23.8 Å². The molecule has 0 saturated heterocycles. The van der Waals surface area contributed by atoms with E-state index in [-0.39, 0.29) is 24.1 Å². The number of carbonyl (C=O) groups is 3. The van der Waals surface area contributed by atoms with Gasteiger partial charge >= 0.3 is 0 Å². The van der Waals surface area contributed by atoms with Crippen LogP contribution in [0.3, 0.4) is 0 Å². The van der Waals surface area contributed by atoms with E-state index in [9.17, 15) is 14.4 Å². The monoisotopic (exact) mass is 495 g/mol. The molecule has 0 fully saturated rings. The van der Waals surface area contributed by atoms with E-state index in [2.05, 4.69) is 16.0 Å². The molecule has 0 aliphatic carbocycles. The van der Waals surface area contributed by atoms with Crippen LogP contribution >= 0.6 is 11.3 Å². The van der Waals surface area contributed by atoms with Crippen LogP contribution in [0.5, 0.6) is 11.5 Å². The first-order chi connectivity index (χ1) is 16.9. The van der Waals surface area contributed by atoms with Crippen molar-refractivity contribution in [1.82, 2.24) is 5.32 Å². The molecule has 0 spiro atoms. The van der Waals surface area contributed by atoms with Gasteiger partial charge in [-0.1, -0.05) is 24.3 Å². The van der Waals surface area contributed by atoms with Gasteiger partial charge < -0.3 is 25.4 Å². The van der Waals surface area contributed by atoms with Gasteiger partial charge in [0.2, 0.25) is 11.8 Å². The molecular weight excluding hydrogens is 466 g/mol. The van der Waals surface area contributed by atoms with Crippen molar-refractivity contribution in [3.8, 4) is 11.5 Å². The number of ether oxygens (including phenoxy) is 2. The minimum Gasteiger partial charge on any atom is -0.492 e. The summed E-state index contributed by atoms with van der Waals surface area (Å²) in [6.07, 6.45) is 0.0438. The van der Waals surface area contributed by atoms with Crippen molar-refractivity contribution < 1.29 is 23.9 Å². The normalized spacial score (nSPS) is 11.3. The fourth-order valence-electron chi connectivity index (χ4n) is 3.43. The van der Waals surface area contributed by atoms with Gasteiger partial charge in [-0.3, -0.25) is 14.4 Å². The molecule has 3 rings (SSSR count). The summed E-state index contributed by atoms with van der Waals surface area (Å²) in [6.45, 7) is 5.79. The van der Waals surface area contributed by atoms with Crippen LogP contribution in [0.4, 0.5) is 11.4 Å². The second-order valence-corrected chi connectivity index (χ2v) is 8.53. The van der Waals surface area contributed by atoms with Gasteiger partial charge in [0.05, 0.1) is 37.1 Å². The molecule has 1 unspecified atom stereocenters. The summed E-state index contributed by atoms with van der Waals surface area (Å²) in [4.78, 5) is 38.2. The molecule has 0 saturated carbocycles. The third-order valence-electron chi connectivity index (χ3n) is 4.89. The molecule has 3 N–H and O–H groups in total. The molecule has 0 aliphatic heterocycles. The number of carbonyl (C=O) groups excluding carboxylic acids is 3. The highest BCUT2D eigenvalue weighted by atomic mass is 32.1. The number of thiophene rings is 1. The van der Waals surface area contributed by atoms with Gasteiger partial charge in [0, 0.05) is 29.5 Å². The molecule has 1 atom stereocenters. The summed E-state index contributed by atoms with van der Waals surface area (Å²) in [5.74, 6) is -0.0306. The molecule has 8 nitrogen and oxygen atoms in total. The minimum atomic E-state index is -0.446. The lowest BCUT2D eigenvalue weighted by atomic mass is 10.1. The molecule has 1 heterocycles. The van der Waals surface area contributed by atoms with Crippen molar-refractivity contribution in [3.63, 3.8) is 0 Å². The first-order valence-electron chi connectivity index (χ1n) is 11.3. The van der Waals surface area contributed by atoms with Crippen molar-refractivity contribution in [2.45, 2.75) is 33.2 Å². The summed E-state index contributed by atoms with van der Waals surface area (Å²) in [5.41, 5.74) is 1.34. The average Bonchev–Trinajstić information content (AvgIpc) is 3.37. The van der Waals surface area contributed by atoms with Crippen molar-refractivity contribution >= 4 is 40.4 Å². The molecule has 184 valence electrons. The van der Waals surface area contributed by atoms with Gasteiger partial charge in [-0.25, -0.2) is 0 Å². The standard InChI is InChI=1S/C26H29N3O5S/c1-4-33-22-15-20(29-26(32)18-10-7-6-8-11-18)23(34-5-2)14-19(22)28-25(31)16-21(27-17(3)30)24-12-9-13-35-24/h6-15,21H,4-5,16H2,1-3H3,(H,27,30)(H,28,31)(H,29,32). The topological polar surface area (TPSA) is 106 Å². The first kappa shape index (κ1) is 25.8. The van der Waals surface area contributed by atoms with Crippen LogP contribution < -0.4 is 25.4 Å². The van der Waals surface area contributed by atoms with E-state index in [1.165, 1.54) is 18.3 Å². The van der Waals surface area contributed by atoms with Crippen molar-refractivity contribution in [2.24, 2.45) is 0 Å². The summed E-state index contributed by atoms with van der Waals surface area (Å²) < 4.78 is 11.5. The fraction of sp³-hybridized carbons (Fsp3) is 0.269. The number of hydrogen-bond acceptors (Lipinski definition) is 6. The first-order valence-corrected chi connectivity index (χ1v) is 12.2. The number of hydrogen-bond donors (Lipinski definition) is 3. The Bertz CT molecular complexity index is 1150. The molecule has 0 aliphatic rings. The van der Waals surface area contributed by atoms with Crippen LogP contribution in [0, 0.1) is 0 Å². The molecule has 35 heavy (non-hydrogen) atoms. The lowest BCUT2D eigenvalue weighted by molar-refractivity contribution is -0.120. The van der Waals surface area contributed by atoms with Crippen LogP contribution in [0.2, 0.25) is 0 Å². The van der Waals surface area contributed by atoms with Gasteiger partial charge in [-0.05, 0) is 37.4 Å². The second-order valence-electron chi connectivity index (χ2n) is 7.55. The zero-order valence-electron chi connectivity index (χ0n) is 19.9. The van der Waals surface area contributed by atoms with Gasteiger partial charge in [0.15, 0.2) is 0 Å². The Hall–Kier alpha value is -3.85. The summed E-state index contributed by atoms with van der Waals surface area (Å²) >= 11 is 1.47. The molecular formula is C26H29N3O5S. The smallest absolute Gasteiger partial charge is 0.255 e. The van der Waals surface area contributed by atoms with E-state index >= 15 is 0 Å². The van der Waals surface area contributed by atoms with E-state index in [1.807, 2.05) is 37.4 Å². The largest absolute Gasteiger partial charge is 0.492 e. The van der Waals surface area contributed by atoms with Crippen molar-refractivity contribution in [1.29, 1.82) is 0 Å². The lowest BCUT2D eigenvalue weighted by Crippen LogP contribution is -2.29. The Morgan fingerprint density at radius 3 is 2.06 bits per heavy atom. The summed E-state index contributed by atoms with van der Waals surface area (Å²) in [5, 5.41) is 10.4. The maximum Gasteiger partial charge on any atom is 0.255 e. The average molecular weight is 496 g/mol. The second kappa shape index (κ2) is 12.6. The van der Waals surface area contributed by atoms with Crippen LogP contribution in [0.25, 0.3) is 0 Å². The zero-order valence-corrected chi connectivity index (χ0v) is 20.7. The lowest BCUT2D eigenvalue weighted by Gasteiger charge is -2.19. The maximum atomic E-state index is 12.9. The molecule has 0 bridgehead atoms. The molecule has 9 heteroatoms. The van der Waals surface area contributed by atoms with E-state index in [0.29, 0.717) is 41.7 Å². The Morgan fingerprint density at radius 1 is 0.886 bits per heavy atom. The SMILES string of the molecule is CCOc1cc(NC(=O)c2ccccc2)c(OCC)cc1NC(=O)CC(NC(C)=O)c1cccs1. The van der Waals surface area contributed by atoms with E-state index in [1.54, 1.807) is 36.4 Å². The number of anilines is 2. The third kappa shape index (κ3) is 7.31. The predicted molar refractivity (Wildman–Crippen MR) is 137 cm³/mol. The van der Waals surface area contributed by atoms with Crippen LogP contribution in [0.1, 0.15) is 48.5 Å². The van der Waals surface area contributed by atoms with Gasteiger partial charge in [-0.15, -0.1) is 11.3 Å². The molecule has 3 amide bonds. The quantitative estimate of drug-likeness (QED) is 0.347. The number of amides is 3. The summed E-state index contributed by atoms with van der Waals surface area (Å²) in [7, 11) is 0. The molecule has 3 aromatic rings. The highest BCUT2D eigenvalue weighted by molar-refractivity contribution is 7.10. The van der Waals surface area contributed by atoms with E-state index in [4.69, 9.17) is 9.47 Å². The number of rotatable bonds is 11. The van der Waals surface area contributed by atoms with Crippen molar-refractivity contribution in [3.05, 3.63) is 70.4 Å². The number of benzene rings is 2. The Morgan fingerprint density at radius 2 is 1.51 bits per heavy atom. The summed E-state index contributed by atoms with van der Waals surface area (Å²) in [6, 6.07) is 15.4. The van der Waals surface area contributed by atoms with E-state index < -0.39 is 6.04 Å². The van der Waals surface area contributed by atoms with E-state index in [0.717, 1.165) is 4.88 Å². The Kier molecular flexibility index (Phi) is 9.25. The maximum absolute atomic E-state index is 12.9. The number of nitrogens with one attached hydrogen (secondary N) is 3. The van der Waals surface area contributed by atoms with Crippen LogP contribution in [-0.4, -0.2) is 30.9 Å². The minimum absolute atomic E-state index is 0.0438. The molecule has 1 aromatic heterocycles. The Balaban J connectivity index is 1.85. The fourth-order valence-corrected chi connectivity index (χ4v) is 4.21. The highest BCUT2D eigenvalue weighted by Crippen LogP contribution is 2.37. The predicted octanol–water partition coefficient (Wildman–Crippen LogP) is 5.00. The van der Waals surface area contributed by atoms with Crippen LogP contribution in [-0.2, 0) is 9.59 Å². The van der Waals surface area contributed by atoms with Gasteiger partial charge in [0.25, 0.3) is 5.91 Å². The highest BCUT2D eigenvalue weighted by Gasteiger charge is 2.21. The molecule has 0 radical (unpaired) electrons.